The summed E-state index contributed by atoms with van der Waals surface area (Å²) in [6.45, 7) is 0. The normalized spacial score (nSPS) is 9.61. The Morgan fingerprint density at radius 2 is 2.06 bits per heavy atom. The van der Waals surface area contributed by atoms with E-state index in [2.05, 4.69) is 20.6 Å². The predicted octanol–water partition coefficient (Wildman–Crippen LogP) is 2.79. The minimum Gasteiger partial charge on any atom is -0.372 e. The molecule has 0 radical (unpaired) electrons. The zero-order valence-corrected chi connectivity index (χ0v) is 10.4. The third-order valence-corrected chi connectivity index (χ3v) is 2.56. The van der Waals surface area contributed by atoms with Crippen LogP contribution >= 0.6 is 11.6 Å². The summed E-state index contributed by atoms with van der Waals surface area (Å²) in [5.41, 5.74) is 1.19. The van der Waals surface area contributed by atoms with Gasteiger partial charge in [-0.1, -0.05) is 11.6 Å². The molecule has 0 spiro atoms. The molecule has 1 heterocycles. The number of nitrogens with zero attached hydrogens (tertiary/aromatic N) is 3. The van der Waals surface area contributed by atoms with Crippen LogP contribution in [0.3, 0.4) is 0 Å². The van der Waals surface area contributed by atoms with Crippen molar-refractivity contribution in [3.8, 4) is 6.07 Å². The molecule has 6 heteroatoms. The summed E-state index contributed by atoms with van der Waals surface area (Å²) in [4.78, 5) is 8.29. The van der Waals surface area contributed by atoms with Crippen LogP contribution in [-0.4, -0.2) is 17.0 Å². The quantitative estimate of drug-likeness (QED) is 0.887. The Balaban J connectivity index is 2.26. The SMILES string of the molecule is CNc1cncc(Nc2ccc(C#N)cc2Cl)n1. The van der Waals surface area contributed by atoms with Crippen LogP contribution in [0.2, 0.25) is 5.02 Å². The predicted molar refractivity (Wildman–Crippen MR) is 71.0 cm³/mol. The van der Waals surface area contributed by atoms with E-state index in [0.717, 1.165) is 0 Å². The van der Waals surface area contributed by atoms with Crippen molar-refractivity contribution in [3.63, 3.8) is 0 Å². The second-order valence-electron chi connectivity index (χ2n) is 3.47. The molecule has 0 amide bonds. The van der Waals surface area contributed by atoms with Gasteiger partial charge in [0.05, 0.1) is 34.7 Å². The Bertz CT molecular complexity index is 606. The summed E-state index contributed by atoms with van der Waals surface area (Å²) < 4.78 is 0. The van der Waals surface area contributed by atoms with E-state index in [4.69, 9.17) is 16.9 Å². The van der Waals surface area contributed by atoms with Crippen LogP contribution in [0, 0.1) is 11.3 Å². The van der Waals surface area contributed by atoms with Gasteiger partial charge in [-0.3, -0.25) is 4.98 Å². The maximum Gasteiger partial charge on any atom is 0.151 e. The van der Waals surface area contributed by atoms with Gasteiger partial charge in [0.25, 0.3) is 0 Å². The highest BCUT2D eigenvalue weighted by atomic mass is 35.5. The fourth-order valence-electron chi connectivity index (χ4n) is 1.37. The summed E-state index contributed by atoms with van der Waals surface area (Å²) >= 11 is 6.05. The summed E-state index contributed by atoms with van der Waals surface area (Å²) in [5, 5.41) is 15.2. The molecule has 0 aliphatic carbocycles. The lowest BCUT2D eigenvalue weighted by Crippen LogP contribution is -1.99. The first kappa shape index (κ1) is 12.1. The van der Waals surface area contributed by atoms with Gasteiger partial charge in [0.1, 0.15) is 5.82 Å². The summed E-state index contributed by atoms with van der Waals surface area (Å²) in [6, 6.07) is 7.04. The maximum absolute atomic E-state index is 8.75. The molecule has 1 aromatic heterocycles. The molecule has 0 fully saturated rings. The Morgan fingerprint density at radius 1 is 1.28 bits per heavy atom. The number of halogens is 1. The van der Waals surface area contributed by atoms with E-state index in [9.17, 15) is 0 Å². The summed E-state index contributed by atoms with van der Waals surface area (Å²) in [7, 11) is 1.77. The highest BCUT2D eigenvalue weighted by Crippen LogP contribution is 2.25. The second kappa shape index (κ2) is 5.34. The highest BCUT2D eigenvalue weighted by Gasteiger charge is 2.04. The molecule has 0 saturated carbocycles. The fourth-order valence-corrected chi connectivity index (χ4v) is 1.60. The number of hydrogen-bond donors (Lipinski definition) is 2. The van der Waals surface area contributed by atoms with Gasteiger partial charge in [-0.15, -0.1) is 0 Å². The summed E-state index contributed by atoms with van der Waals surface area (Å²) in [6.07, 6.45) is 3.21. The molecule has 5 nitrogen and oxygen atoms in total. The summed E-state index contributed by atoms with van der Waals surface area (Å²) in [5.74, 6) is 1.23. The number of nitrogens with one attached hydrogen (secondary N) is 2. The van der Waals surface area contributed by atoms with Crippen LogP contribution in [0.15, 0.2) is 30.6 Å². The molecule has 1 aromatic carbocycles. The second-order valence-corrected chi connectivity index (χ2v) is 3.88. The van der Waals surface area contributed by atoms with Gasteiger partial charge in [-0.25, -0.2) is 4.98 Å². The third-order valence-electron chi connectivity index (χ3n) is 2.25. The molecule has 0 unspecified atom stereocenters. The number of nitriles is 1. The van der Waals surface area contributed by atoms with Crippen molar-refractivity contribution < 1.29 is 0 Å². The van der Waals surface area contributed by atoms with Gasteiger partial charge in [-0.2, -0.15) is 5.26 Å². The van der Waals surface area contributed by atoms with Gasteiger partial charge < -0.3 is 10.6 Å². The van der Waals surface area contributed by atoms with Crippen molar-refractivity contribution in [2.24, 2.45) is 0 Å². The topological polar surface area (TPSA) is 73.6 Å². The maximum atomic E-state index is 8.75. The molecule has 18 heavy (non-hydrogen) atoms. The van der Waals surface area contributed by atoms with E-state index in [0.29, 0.717) is 27.9 Å². The van der Waals surface area contributed by atoms with Gasteiger partial charge in [0.15, 0.2) is 5.82 Å². The average Bonchev–Trinajstić information content (AvgIpc) is 2.41. The largest absolute Gasteiger partial charge is 0.372 e. The molecule has 2 aromatic rings. The Labute approximate surface area is 109 Å². The molecular weight excluding hydrogens is 250 g/mol. The van der Waals surface area contributed by atoms with Crippen molar-refractivity contribution in [1.29, 1.82) is 5.26 Å². The Kier molecular flexibility index (Phi) is 3.60. The van der Waals surface area contributed by atoms with Crippen molar-refractivity contribution in [2.45, 2.75) is 0 Å². The fraction of sp³-hybridized carbons (Fsp3) is 0.0833. The molecular formula is C12H10ClN5. The first-order valence-electron chi connectivity index (χ1n) is 5.19. The molecule has 2 rings (SSSR count). The first-order chi connectivity index (χ1) is 8.72. The minimum absolute atomic E-state index is 0.464. The Hall–Kier alpha value is -2.32. The van der Waals surface area contributed by atoms with Crippen LogP contribution in [0.4, 0.5) is 17.3 Å². The number of aromatic nitrogens is 2. The first-order valence-corrected chi connectivity index (χ1v) is 5.57. The number of anilines is 3. The van der Waals surface area contributed by atoms with Crippen LogP contribution < -0.4 is 10.6 Å². The molecule has 90 valence electrons. The van der Waals surface area contributed by atoms with Crippen molar-refractivity contribution in [1.82, 2.24) is 9.97 Å². The van der Waals surface area contributed by atoms with E-state index < -0.39 is 0 Å². The van der Waals surface area contributed by atoms with Gasteiger partial charge in [0.2, 0.25) is 0 Å². The van der Waals surface area contributed by atoms with Crippen LogP contribution in [0.1, 0.15) is 5.56 Å². The van der Waals surface area contributed by atoms with Crippen LogP contribution in [0.25, 0.3) is 0 Å². The number of hydrogen-bond acceptors (Lipinski definition) is 5. The van der Waals surface area contributed by atoms with E-state index >= 15 is 0 Å². The lowest BCUT2D eigenvalue weighted by molar-refractivity contribution is 1.18. The van der Waals surface area contributed by atoms with E-state index in [-0.39, 0.29) is 0 Å². The lowest BCUT2D eigenvalue weighted by Gasteiger charge is -2.08. The average molecular weight is 260 g/mol. The Morgan fingerprint density at radius 3 is 2.72 bits per heavy atom. The minimum atomic E-state index is 0.464. The van der Waals surface area contributed by atoms with E-state index in [1.165, 1.54) is 0 Å². The zero-order chi connectivity index (χ0) is 13.0. The molecule has 0 atom stereocenters. The van der Waals surface area contributed by atoms with Gasteiger partial charge >= 0.3 is 0 Å². The molecule has 0 saturated heterocycles. The smallest absolute Gasteiger partial charge is 0.151 e. The molecule has 2 N–H and O–H groups in total. The van der Waals surface area contributed by atoms with E-state index in [1.54, 1.807) is 37.6 Å². The molecule has 0 aliphatic rings. The van der Waals surface area contributed by atoms with Gasteiger partial charge in [0, 0.05) is 7.05 Å². The standard InChI is InChI=1S/C12H10ClN5/c1-15-11-6-16-7-12(18-11)17-10-3-2-8(5-14)4-9(10)13/h2-4,6-7H,1H3,(H2,15,17,18). The molecule has 0 bridgehead atoms. The molecule has 0 aliphatic heterocycles. The van der Waals surface area contributed by atoms with Crippen LogP contribution in [-0.2, 0) is 0 Å². The monoisotopic (exact) mass is 259 g/mol. The highest BCUT2D eigenvalue weighted by molar-refractivity contribution is 6.33. The zero-order valence-electron chi connectivity index (χ0n) is 9.61. The number of benzene rings is 1. The van der Waals surface area contributed by atoms with Crippen LogP contribution in [0.5, 0.6) is 0 Å². The number of rotatable bonds is 3. The van der Waals surface area contributed by atoms with Crippen molar-refractivity contribution >= 4 is 28.9 Å². The van der Waals surface area contributed by atoms with E-state index in [1.807, 2.05) is 6.07 Å². The third kappa shape index (κ3) is 2.67. The van der Waals surface area contributed by atoms with Gasteiger partial charge in [-0.05, 0) is 18.2 Å². The van der Waals surface area contributed by atoms with Crippen molar-refractivity contribution in [2.75, 3.05) is 17.7 Å². The van der Waals surface area contributed by atoms with Crippen molar-refractivity contribution in [3.05, 3.63) is 41.2 Å². The lowest BCUT2D eigenvalue weighted by atomic mass is 10.2.